The molecule has 0 fully saturated rings. The van der Waals surface area contributed by atoms with Crippen LogP contribution in [0.5, 0.6) is 5.75 Å². The summed E-state index contributed by atoms with van der Waals surface area (Å²) in [6, 6.07) is 5.47. The van der Waals surface area contributed by atoms with E-state index < -0.39 is 17.7 Å². The van der Waals surface area contributed by atoms with Crippen LogP contribution in [0.3, 0.4) is 0 Å². The van der Waals surface area contributed by atoms with Crippen molar-refractivity contribution < 1.29 is 14.3 Å². The molecule has 1 amide bonds. The van der Waals surface area contributed by atoms with E-state index in [2.05, 4.69) is 5.32 Å². The summed E-state index contributed by atoms with van der Waals surface area (Å²) in [5, 5.41) is 12.2. The number of methoxy groups -OCH3 is 1. The predicted molar refractivity (Wildman–Crippen MR) is 84.8 cm³/mol. The molecule has 1 aromatic carbocycles. The molecule has 0 aliphatic carbocycles. The Morgan fingerprint density at radius 2 is 2.00 bits per heavy atom. The standard InChI is InChI=1S/C16H21ClN2O3/c1-6-13(15(20)19-16(4,9-18)21-5)22-12-7-10(2)14(17)11(3)8-12/h7-8,13H,6H2,1-5H3,(H,19,20). The Kier molecular flexibility index (Phi) is 6.21. The first-order valence-electron chi connectivity index (χ1n) is 6.98. The van der Waals surface area contributed by atoms with Crippen LogP contribution in [0.25, 0.3) is 0 Å². The second kappa shape index (κ2) is 7.48. The summed E-state index contributed by atoms with van der Waals surface area (Å²) in [5.41, 5.74) is 0.385. The fourth-order valence-corrected chi connectivity index (χ4v) is 2.01. The summed E-state index contributed by atoms with van der Waals surface area (Å²) in [6.45, 7) is 7.06. The van der Waals surface area contributed by atoms with Crippen molar-refractivity contribution in [3.63, 3.8) is 0 Å². The fraction of sp³-hybridized carbons (Fsp3) is 0.500. The predicted octanol–water partition coefficient (Wildman–Crippen LogP) is 3.12. The van der Waals surface area contributed by atoms with Crippen LogP contribution in [0.2, 0.25) is 5.02 Å². The number of nitriles is 1. The van der Waals surface area contributed by atoms with Crippen molar-refractivity contribution in [3.8, 4) is 11.8 Å². The van der Waals surface area contributed by atoms with Crippen molar-refractivity contribution in [2.24, 2.45) is 0 Å². The summed E-state index contributed by atoms with van der Waals surface area (Å²) in [7, 11) is 1.36. The monoisotopic (exact) mass is 324 g/mol. The quantitative estimate of drug-likeness (QED) is 0.816. The highest BCUT2D eigenvalue weighted by atomic mass is 35.5. The lowest BCUT2D eigenvalue weighted by atomic mass is 10.1. The average Bonchev–Trinajstić information content (AvgIpc) is 2.49. The van der Waals surface area contributed by atoms with Crippen LogP contribution in [0.1, 0.15) is 31.4 Å². The third-order valence-corrected chi connectivity index (χ3v) is 3.93. The van der Waals surface area contributed by atoms with Crippen LogP contribution in [0.15, 0.2) is 12.1 Å². The lowest BCUT2D eigenvalue weighted by molar-refractivity contribution is -0.134. The maximum absolute atomic E-state index is 12.3. The van der Waals surface area contributed by atoms with Gasteiger partial charge in [0.05, 0.1) is 0 Å². The molecular weight excluding hydrogens is 304 g/mol. The smallest absolute Gasteiger partial charge is 0.264 e. The molecule has 0 radical (unpaired) electrons. The van der Waals surface area contributed by atoms with Gasteiger partial charge in [0.2, 0.25) is 5.72 Å². The molecule has 0 heterocycles. The minimum atomic E-state index is -1.38. The number of nitrogens with zero attached hydrogens (tertiary/aromatic N) is 1. The Hall–Kier alpha value is -1.77. The van der Waals surface area contributed by atoms with Gasteiger partial charge in [-0.25, -0.2) is 0 Å². The van der Waals surface area contributed by atoms with Gasteiger partial charge in [0, 0.05) is 12.1 Å². The van der Waals surface area contributed by atoms with E-state index in [4.69, 9.17) is 26.3 Å². The van der Waals surface area contributed by atoms with Crippen LogP contribution < -0.4 is 10.1 Å². The van der Waals surface area contributed by atoms with E-state index in [1.54, 1.807) is 12.1 Å². The molecule has 2 atom stereocenters. The van der Waals surface area contributed by atoms with E-state index in [0.29, 0.717) is 17.2 Å². The molecule has 1 aromatic rings. The molecule has 1 rings (SSSR count). The molecule has 22 heavy (non-hydrogen) atoms. The van der Waals surface area contributed by atoms with Crippen molar-refractivity contribution in [1.82, 2.24) is 5.32 Å². The van der Waals surface area contributed by atoms with E-state index in [1.807, 2.05) is 26.8 Å². The van der Waals surface area contributed by atoms with Gasteiger partial charge in [0.1, 0.15) is 11.8 Å². The molecule has 1 N–H and O–H groups in total. The SMILES string of the molecule is CCC(Oc1cc(C)c(Cl)c(C)c1)C(=O)NC(C)(C#N)OC. The summed E-state index contributed by atoms with van der Waals surface area (Å²) < 4.78 is 10.7. The van der Waals surface area contributed by atoms with Gasteiger partial charge in [0.15, 0.2) is 6.10 Å². The highest BCUT2D eigenvalue weighted by Gasteiger charge is 2.29. The fourth-order valence-electron chi connectivity index (χ4n) is 1.90. The van der Waals surface area contributed by atoms with Gasteiger partial charge < -0.3 is 14.8 Å². The molecule has 5 nitrogen and oxygen atoms in total. The van der Waals surface area contributed by atoms with Gasteiger partial charge in [-0.2, -0.15) is 5.26 Å². The van der Waals surface area contributed by atoms with Crippen LogP contribution in [-0.4, -0.2) is 24.8 Å². The summed E-state index contributed by atoms with van der Waals surface area (Å²) >= 11 is 6.12. The maximum Gasteiger partial charge on any atom is 0.264 e. The highest BCUT2D eigenvalue weighted by molar-refractivity contribution is 6.32. The first kappa shape index (κ1) is 18.3. The summed E-state index contributed by atoms with van der Waals surface area (Å²) in [4.78, 5) is 12.3. The molecule has 0 spiro atoms. The zero-order valence-electron chi connectivity index (χ0n) is 13.5. The van der Waals surface area contributed by atoms with Gasteiger partial charge in [-0.15, -0.1) is 0 Å². The van der Waals surface area contributed by atoms with Crippen molar-refractivity contribution in [2.45, 2.75) is 45.9 Å². The normalized spacial score (nSPS) is 14.6. The van der Waals surface area contributed by atoms with Crippen LogP contribution in [-0.2, 0) is 9.53 Å². The second-order valence-electron chi connectivity index (χ2n) is 5.22. The Bertz CT molecular complexity index is 575. The van der Waals surface area contributed by atoms with Crippen molar-refractivity contribution >= 4 is 17.5 Å². The van der Waals surface area contributed by atoms with E-state index in [-0.39, 0.29) is 0 Å². The van der Waals surface area contributed by atoms with Crippen molar-refractivity contribution in [2.75, 3.05) is 7.11 Å². The maximum atomic E-state index is 12.3. The number of amides is 1. The first-order chi connectivity index (χ1) is 10.3. The topological polar surface area (TPSA) is 71.3 Å². The Morgan fingerprint density at radius 3 is 2.41 bits per heavy atom. The second-order valence-corrected chi connectivity index (χ2v) is 5.60. The number of benzene rings is 1. The van der Waals surface area contributed by atoms with E-state index >= 15 is 0 Å². The molecule has 6 heteroatoms. The van der Waals surface area contributed by atoms with Gasteiger partial charge in [-0.05, 0) is 50.5 Å². The molecule has 0 saturated heterocycles. The van der Waals surface area contributed by atoms with Crippen molar-refractivity contribution in [1.29, 1.82) is 5.26 Å². The van der Waals surface area contributed by atoms with Gasteiger partial charge in [-0.3, -0.25) is 4.79 Å². The third-order valence-electron chi connectivity index (χ3n) is 3.33. The number of halogens is 1. The number of hydrogen-bond donors (Lipinski definition) is 1. The molecule has 120 valence electrons. The largest absolute Gasteiger partial charge is 0.481 e. The number of nitrogens with one attached hydrogen (secondary N) is 1. The molecule has 0 aliphatic heterocycles. The molecule has 2 unspecified atom stereocenters. The number of hydrogen-bond acceptors (Lipinski definition) is 4. The van der Waals surface area contributed by atoms with Crippen LogP contribution in [0, 0.1) is 25.2 Å². The van der Waals surface area contributed by atoms with Gasteiger partial charge in [-0.1, -0.05) is 18.5 Å². The lowest BCUT2D eigenvalue weighted by Crippen LogP contribution is -2.51. The van der Waals surface area contributed by atoms with Crippen molar-refractivity contribution in [3.05, 3.63) is 28.3 Å². The zero-order chi connectivity index (χ0) is 16.9. The molecule has 0 bridgehead atoms. The minimum absolute atomic E-state index is 0.404. The molecule has 0 aromatic heterocycles. The number of carbonyl (C=O) groups excluding carboxylic acids is 1. The summed E-state index contributed by atoms with van der Waals surface area (Å²) in [5.74, 6) is 0.163. The Morgan fingerprint density at radius 1 is 1.45 bits per heavy atom. The number of carbonyl (C=O) groups is 1. The van der Waals surface area contributed by atoms with Crippen LogP contribution >= 0.6 is 11.6 Å². The minimum Gasteiger partial charge on any atom is -0.481 e. The average molecular weight is 325 g/mol. The van der Waals surface area contributed by atoms with E-state index in [1.165, 1.54) is 14.0 Å². The Balaban J connectivity index is 2.90. The first-order valence-corrected chi connectivity index (χ1v) is 7.36. The third kappa shape index (κ3) is 4.36. The molecular formula is C16H21ClN2O3. The highest BCUT2D eigenvalue weighted by Crippen LogP contribution is 2.26. The zero-order valence-corrected chi connectivity index (χ0v) is 14.2. The van der Waals surface area contributed by atoms with E-state index in [0.717, 1.165) is 11.1 Å². The number of aryl methyl sites for hydroxylation is 2. The number of ether oxygens (including phenoxy) is 2. The summed E-state index contributed by atoms with van der Waals surface area (Å²) in [6.07, 6.45) is -0.264. The Labute approximate surface area is 136 Å². The van der Waals surface area contributed by atoms with Gasteiger partial charge in [0.25, 0.3) is 5.91 Å². The molecule has 0 saturated carbocycles. The molecule has 0 aliphatic rings. The van der Waals surface area contributed by atoms with E-state index in [9.17, 15) is 4.79 Å². The van der Waals surface area contributed by atoms with Crippen LogP contribution in [0.4, 0.5) is 0 Å². The van der Waals surface area contributed by atoms with Gasteiger partial charge >= 0.3 is 0 Å². The number of rotatable bonds is 6. The lowest BCUT2D eigenvalue weighted by Gasteiger charge is -2.25.